The van der Waals surface area contributed by atoms with Crippen LogP contribution in [0.5, 0.6) is 0 Å². The van der Waals surface area contributed by atoms with Gasteiger partial charge in [0, 0.05) is 12.8 Å². The molecule has 74 valence electrons. The van der Waals surface area contributed by atoms with Gasteiger partial charge in [0.2, 0.25) is 0 Å². The number of rotatable bonds is 1. The number of methoxy groups -OCH3 is 1. The Labute approximate surface area is 83.9 Å². The van der Waals surface area contributed by atoms with Crippen molar-refractivity contribution in [2.75, 3.05) is 7.11 Å². The van der Waals surface area contributed by atoms with Gasteiger partial charge >= 0.3 is 0 Å². The Balaban J connectivity index is 2.31. The van der Waals surface area contributed by atoms with Crippen molar-refractivity contribution in [2.24, 2.45) is 0 Å². The van der Waals surface area contributed by atoms with Crippen molar-refractivity contribution in [2.45, 2.75) is 25.7 Å². The average molecular weight is 190 g/mol. The van der Waals surface area contributed by atoms with Gasteiger partial charge in [-0.15, -0.1) is 0 Å². The molecule has 0 radical (unpaired) electrons. The highest BCUT2D eigenvalue weighted by Crippen LogP contribution is 2.29. The number of carbonyl (C=O) groups is 1. The van der Waals surface area contributed by atoms with Crippen molar-refractivity contribution < 1.29 is 9.53 Å². The minimum Gasteiger partial charge on any atom is -0.497 e. The highest BCUT2D eigenvalue weighted by molar-refractivity contribution is 5.83. The summed E-state index contributed by atoms with van der Waals surface area (Å²) in [5, 5.41) is 0. The zero-order valence-corrected chi connectivity index (χ0v) is 8.38. The lowest BCUT2D eigenvalue weighted by molar-refractivity contribution is -0.118. The van der Waals surface area contributed by atoms with Gasteiger partial charge in [0.05, 0.1) is 7.11 Å². The second-order valence-electron chi connectivity index (χ2n) is 3.70. The van der Waals surface area contributed by atoms with E-state index in [2.05, 4.69) is 6.08 Å². The fourth-order valence-electron chi connectivity index (χ4n) is 1.93. The molecule has 0 saturated carbocycles. The SMILES string of the molecule is COC1=CC2=C(CC=C1)CCC(=O)C2. The average Bonchev–Trinajstić information content (AvgIpc) is 2.38. The number of allylic oxidation sites excluding steroid dienone is 5. The molecular weight excluding hydrogens is 176 g/mol. The van der Waals surface area contributed by atoms with E-state index in [4.69, 9.17) is 4.74 Å². The van der Waals surface area contributed by atoms with Crippen LogP contribution in [0.2, 0.25) is 0 Å². The lowest BCUT2D eigenvalue weighted by atomic mass is 9.89. The van der Waals surface area contributed by atoms with Crippen LogP contribution in [0.25, 0.3) is 0 Å². The Morgan fingerprint density at radius 2 is 2.21 bits per heavy atom. The molecule has 0 aromatic carbocycles. The molecule has 2 heteroatoms. The third-order valence-corrected chi connectivity index (χ3v) is 2.75. The number of hydrogen-bond acceptors (Lipinski definition) is 2. The Morgan fingerprint density at radius 3 is 3.00 bits per heavy atom. The lowest BCUT2D eigenvalue weighted by Gasteiger charge is -2.15. The Hall–Kier alpha value is -1.31. The van der Waals surface area contributed by atoms with E-state index in [0.717, 1.165) is 18.6 Å². The third-order valence-electron chi connectivity index (χ3n) is 2.75. The molecule has 2 nitrogen and oxygen atoms in total. The molecule has 0 saturated heterocycles. The summed E-state index contributed by atoms with van der Waals surface area (Å²) in [6.07, 6.45) is 9.26. The molecule has 0 fully saturated rings. The van der Waals surface area contributed by atoms with E-state index in [1.165, 1.54) is 11.1 Å². The summed E-state index contributed by atoms with van der Waals surface area (Å²) in [4.78, 5) is 11.3. The van der Waals surface area contributed by atoms with Crippen molar-refractivity contribution in [1.29, 1.82) is 0 Å². The van der Waals surface area contributed by atoms with Crippen molar-refractivity contribution in [3.63, 3.8) is 0 Å². The van der Waals surface area contributed by atoms with Gasteiger partial charge in [-0.25, -0.2) is 0 Å². The molecule has 0 unspecified atom stereocenters. The van der Waals surface area contributed by atoms with Gasteiger partial charge < -0.3 is 4.74 Å². The van der Waals surface area contributed by atoms with Gasteiger partial charge in [-0.2, -0.15) is 0 Å². The molecule has 0 heterocycles. The van der Waals surface area contributed by atoms with E-state index in [9.17, 15) is 4.79 Å². The molecule has 0 aliphatic heterocycles. The van der Waals surface area contributed by atoms with E-state index >= 15 is 0 Å². The summed E-state index contributed by atoms with van der Waals surface area (Å²) in [6.45, 7) is 0. The predicted octanol–water partition coefficient (Wildman–Crippen LogP) is 2.53. The van der Waals surface area contributed by atoms with Gasteiger partial charge in [-0.3, -0.25) is 4.79 Å². The molecule has 2 aliphatic carbocycles. The van der Waals surface area contributed by atoms with Crippen LogP contribution in [0.4, 0.5) is 0 Å². The molecular formula is C12H14O2. The summed E-state index contributed by atoms with van der Waals surface area (Å²) in [6, 6.07) is 0. The fraction of sp³-hybridized carbons (Fsp3) is 0.417. The molecule has 2 aliphatic rings. The largest absolute Gasteiger partial charge is 0.497 e. The van der Waals surface area contributed by atoms with Crippen LogP contribution in [-0.2, 0) is 9.53 Å². The van der Waals surface area contributed by atoms with E-state index in [0.29, 0.717) is 18.6 Å². The van der Waals surface area contributed by atoms with Crippen LogP contribution in [0.1, 0.15) is 25.7 Å². The molecule has 0 bridgehead atoms. The van der Waals surface area contributed by atoms with Gasteiger partial charge in [-0.05, 0) is 30.6 Å². The molecule has 0 amide bonds. The van der Waals surface area contributed by atoms with Crippen molar-refractivity contribution >= 4 is 5.78 Å². The van der Waals surface area contributed by atoms with Crippen molar-refractivity contribution in [1.82, 2.24) is 0 Å². The fourth-order valence-corrected chi connectivity index (χ4v) is 1.93. The van der Waals surface area contributed by atoms with Crippen LogP contribution in [0.3, 0.4) is 0 Å². The monoisotopic (exact) mass is 190 g/mol. The minimum absolute atomic E-state index is 0.345. The van der Waals surface area contributed by atoms with E-state index in [1.54, 1.807) is 7.11 Å². The Bertz CT molecular complexity index is 345. The van der Waals surface area contributed by atoms with Crippen LogP contribution >= 0.6 is 0 Å². The van der Waals surface area contributed by atoms with Crippen molar-refractivity contribution in [3.8, 4) is 0 Å². The first-order valence-corrected chi connectivity index (χ1v) is 4.94. The highest BCUT2D eigenvalue weighted by Gasteiger charge is 2.17. The van der Waals surface area contributed by atoms with Gasteiger partial charge in [0.25, 0.3) is 0 Å². The molecule has 0 aromatic heterocycles. The maximum absolute atomic E-state index is 11.3. The molecule has 0 atom stereocenters. The summed E-state index contributed by atoms with van der Waals surface area (Å²) in [5.41, 5.74) is 2.57. The Kier molecular flexibility index (Phi) is 2.53. The number of Topliss-reactive ketones (excluding diaryl/α,β-unsaturated/α-hetero) is 1. The maximum Gasteiger partial charge on any atom is 0.137 e. The molecule has 14 heavy (non-hydrogen) atoms. The summed E-state index contributed by atoms with van der Waals surface area (Å²) >= 11 is 0. The van der Waals surface area contributed by atoms with Crippen LogP contribution < -0.4 is 0 Å². The Morgan fingerprint density at radius 1 is 1.36 bits per heavy atom. The van der Waals surface area contributed by atoms with Crippen LogP contribution in [-0.4, -0.2) is 12.9 Å². The third kappa shape index (κ3) is 1.79. The van der Waals surface area contributed by atoms with Crippen LogP contribution in [0.15, 0.2) is 35.1 Å². The second kappa shape index (κ2) is 3.82. The second-order valence-corrected chi connectivity index (χ2v) is 3.70. The van der Waals surface area contributed by atoms with E-state index in [-0.39, 0.29) is 0 Å². The zero-order chi connectivity index (χ0) is 9.97. The maximum atomic E-state index is 11.3. The summed E-state index contributed by atoms with van der Waals surface area (Å²) < 4.78 is 5.18. The number of ether oxygens (including phenoxy) is 1. The van der Waals surface area contributed by atoms with Crippen LogP contribution in [0, 0.1) is 0 Å². The topological polar surface area (TPSA) is 26.3 Å². The summed E-state index contributed by atoms with van der Waals surface area (Å²) in [7, 11) is 1.66. The first-order valence-electron chi connectivity index (χ1n) is 4.94. The molecule has 0 spiro atoms. The highest BCUT2D eigenvalue weighted by atomic mass is 16.5. The van der Waals surface area contributed by atoms with Gasteiger partial charge in [-0.1, -0.05) is 11.6 Å². The predicted molar refractivity (Wildman–Crippen MR) is 54.7 cm³/mol. The minimum atomic E-state index is 0.345. The van der Waals surface area contributed by atoms with Gasteiger partial charge in [0.1, 0.15) is 11.5 Å². The molecule has 0 aromatic rings. The lowest BCUT2D eigenvalue weighted by Crippen LogP contribution is -2.08. The number of carbonyl (C=O) groups excluding carboxylic acids is 1. The van der Waals surface area contributed by atoms with Crippen molar-refractivity contribution in [3.05, 3.63) is 35.1 Å². The first-order chi connectivity index (χ1) is 6.79. The smallest absolute Gasteiger partial charge is 0.137 e. The normalized spacial score (nSPS) is 21.5. The molecule has 0 N–H and O–H groups in total. The van der Waals surface area contributed by atoms with E-state index < -0.39 is 0 Å². The quantitative estimate of drug-likeness (QED) is 0.635. The number of ketones is 1. The first kappa shape index (κ1) is 9.25. The number of hydrogen-bond donors (Lipinski definition) is 0. The molecule has 2 rings (SSSR count). The van der Waals surface area contributed by atoms with E-state index in [1.807, 2.05) is 12.2 Å². The standard InChI is InChI=1S/C12H14O2/c1-14-12-4-2-3-9-5-6-11(13)7-10(9)8-12/h2,4,8H,3,5-7H2,1H3. The van der Waals surface area contributed by atoms with Gasteiger partial charge in [0.15, 0.2) is 0 Å². The summed E-state index contributed by atoms with van der Waals surface area (Å²) in [5.74, 6) is 1.20. The zero-order valence-electron chi connectivity index (χ0n) is 8.38.